The number of rotatable bonds is 6. The highest BCUT2D eigenvalue weighted by Crippen LogP contribution is 2.24. The van der Waals surface area contributed by atoms with Gasteiger partial charge in [-0.3, -0.25) is 0 Å². The van der Waals surface area contributed by atoms with Crippen LogP contribution in [0.2, 0.25) is 0 Å². The van der Waals surface area contributed by atoms with E-state index < -0.39 is 0 Å². The van der Waals surface area contributed by atoms with Gasteiger partial charge < -0.3 is 9.69 Å². The predicted molar refractivity (Wildman–Crippen MR) is 64.0 cm³/mol. The second-order valence-electron chi connectivity index (χ2n) is 5.07. The molecule has 0 aliphatic heterocycles. The molecule has 0 bridgehead atoms. The zero-order valence-electron chi connectivity index (χ0n) is 10.3. The maximum Gasteiger partial charge on any atom is 0.129 e. The first-order chi connectivity index (χ1) is 7.18. The number of ketones is 1. The van der Waals surface area contributed by atoms with Crippen molar-refractivity contribution in [1.82, 2.24) is 4.90 Å². The van der Waals surface area contributed by atoms with E-state index in [1.54, 1.807) is 6.92 Å². The van der Waals surface area contributed by atoms with E-state index in [4.69, 9.17) is 0 Å². The summed E-state index contributed by atoms with van der Waals surface area (Å²) in [6.07, 6.45) is 8.88. The van der Waals surface area contributed by atoms with Crippen molar-refractivity contribution in [2.75, 3.05) is 20.1 Å². The van der Waals surface area contributed by atoms with Crippen LogP contribution in [0.15, 0.2) is 0 Å². The molecule has 0 N–H and O–H groups in total. The fourth-order valence-corrected chi connectivity index (χ4v) is 2.50. The Balaban J connectivity index is 2.06. The van der Waals surface area contributed by atoms with Crippen molar-refractivity contribution in [2.45, 2.75) is 51.9 Å². The summed E-state index contributed by atoms with van der Waals surface area (Å²) in [5.74, 6) is 1.24. The zero-order chi connectivity index (χ0) is 11.1. The first-order valence-corrected chi connectivity index (χ1v) is 6.36. The molecular weight excluding hydrogens is 186 g/mol. The van der Waals surface area contributed by atoms with Crippen molar-refractivity contribution in [3.05, 3.63) is 0 Å². The number of carbonyl (C=O) groups excluding carboxylic acids is 1. The monoisotopic (exact) mass is 211 g/mol. The van der Waals surface area contributed by atoms with Crippen LogP contribution < -0.4 is 0 Å². The van der Waals surface area contributed by atoms with Gasteiger partial charge in [0.2, 0.25) is 0 Å². The summed E-state index contributed by atoms with van der Waals surface area (Å²) in [5.41, 5.74) is 0. The Morgan fingerprint density at radius 3 is 2.53 bits per heavy atom. The molecule has 0 spiro atoms. The number of hydrogen-bond acceptors (Lipinski definition) is 2. The van der Waals surface area contributed by atoms with E-state index in [2.05, 4.69) is 11.9 Å². The van der Waals surface area contributed by atoms with Gasteiger partial charge in [0, 0.05) is 13.0 Å². The van der Waals surface area contributed by atoms with Crippen molar-refractivity contribution < 1.29 is 4.79 Å². The molecule has 2 nitrogen and oxygen atoms in total. The van der Waals surface area contributed by atoms with E-state index in [0.717, 1.165) is 25.3 Å². The summed E-state index contributed by atoms with van der Waals surface area (Å²) < 4.78 is 0. The SMILES string of the molecule is CC(=O)CCCN(C)CC1CCCCC1. The van der Waals surface area contributed by atoms with Crippen LogP contribution in [0.4, 0.5) is 0 Å². The minimum atomic E-state index is 0.320. The predicted octanol–water partition coefficient (Wildman–Crippen LogP) is 2.87. The quantitative estimate of drug-likeness (QED) is 0.673. The molecule has 0 aromatic rings. The van der Waals surface area contributed by atoms with Gasteiger partial charge in [0.15, 0.2) is 0 Å². The fourth-order valence-electron chi connectivity index (χ4n) is 2.50. The van der Waals surface area contributed by atoms with Crippen LogP contribution in [-0.2, 0) is 4.79 Å². The van der Waals surface area contributed by atoms with Crippen LogP contribution in [0, 0.1) is 5.92 Å². The second-order valence-corrected chi connectivity index (χ2v) is 5.07. The van der Waals surface area contributed by atoms with E-state index in [0.29, 0.717) is 5.78 Å². The van der Waals surface area contributed by atoms with Crippen molar-refractivity contribution in [1.29, 1.82) is 0 Å². The topological polar surface area (TPSA) is 20.3 Å². The minimum Gasteiger partial charge on any atom is -0.306 e. The van der Waals surface area contributed by atoms with Gasteiger partial charge in [-0.2, -0.15) is 0 Å². The minimum absolute atomic E-state index is 0.320. The number of hydrogen-bond donors (Lipinski definition) is 0. The van der Waals surface area contributed by atoms with Crippen LogP contribution >= 0.6 is 0 Å². The first-order valence-electron chi connectivity index (χ1n) is 6.36. The molecule has 1 rings (SSSR count). The first kappa shape index (κ1) is 12.7. The third kappa shape index (κ3) is 5.93. The molecule has 1 saturated carbocycles. The van der Waals surface area contributed by atoms with E-state index in [1.807, 2.05) is 0 Å². The smallest absolute Gasteiger partial charge is 0.129 e. The molecule has 1 aliphatic rings. The van der Waals surface area contributed by atoms with Crippen LogP contribution in [0.5, 0.6) is 0 Å². The standard InChI is InChI=1S/C13H25NO/c1-12(15)7-6-10-14(2)11-13-8-4-3-5-9-13/h13H,3-11H2,1-2H3. The average Bonchev–Trinajstić information content (AvgIpc) is 2.18. The van der Waals surface area contributed by atoms with Crippen molar-refractivity contribution in [3.63, 3.8) is 0 Å². The molecule has 1 fully saturated rings. The summed E-state index contributed by atoms with van der Waals surface area (Å²) in [6.45, 7) is 4.00. The molecule has 15 heavy (non-hydrogen) atoms. The van der Waals surface area contributed by atoms with Crippen LogP contribution in [0.1, 0.15) is 51.9 Å². The van der Waals surface area contributed by atoms with Gasteiger partial charge in [-0.15, -0.1) is 0 Å². The average molecular weight is 211 g/mol. The van der Waals surface area contributed by atoms with Crippen LogP contribution in [0.25, 0.3) is 0 Å². The van der Waals surface area contributed by atoms with Gasteiger partial charge in [0.05, 0.1) is 0 Å². The lowest BCUT2D eigenvalue weighted by Crippen LogP contribution is -2.28. The molecule has 0 amide bonds. The highest BCUT2D eigenvalue weighted by molar-refractivity contribution is 5.75. The zero-order valence-corrected chi connectivity index (χ0v) is 10.3. The molecule has 0 saturated heterocycles. The third-order valence-corrected chi connectivity index (χ3v) is 3.36. The van der Waals surface area contributed by atoms with Crippen LogP contribution in [-0.4, -0.2) is 30.8 Å². The number of nitrogens with zero attached hydrogens (tertiary/aromatic N) is 1. The van der Waals surface area contributed by atoms with Gasteiger partial charge in [-0.1, -0.05) is 19.3 Å². The summed E-state index contributed by atoms with van der Waals surface area (Å²) >= 11 is 0. The largest absolute Gasteiger partial charge is 0.306 e. The van der Waals surface area contributed by atoms with Crippen LogP contribution in [0.3, 0.4) is 0 Å². The Hall–Kier alpha value is -0.370. The van der Waals surface area contributed by atoms with Gasteiger partial charge in [0.1, 0.15) is 5.78 Å². The molecule has 1 aliphatic carbocycles. The summed E-state index contributed by atoms with van der Waals surface area (Å²) in [4.78, 5) is 13.2. The third-order valence-electron chi connectivity index (χ3n) is 3.36. The molecular formula is C13H25NO. The Morgan fingerprint density at radius 1 is 1.27 bits per heavy atom. The fraction of sp³-hybridized carbons (Fsp3) is 0.923. The highest BCUT2D eigenvalue weighted by atomic mass is 16.1. The molecule has 0 heterocycles. The van der Waals surface area contributed by atoms with Crippen molar-refractivity contribution in [3.8, 4) is 0 Å². The molecule has 0 atom stereocenters. The lowest BCUT2D eigenvalue weighted by Gasteiger charge is -2.26. The second kappa shape index (κ2) is 7.00. The lowest BCUT2D eigenvalue weighted by molar-refractivity contribution is -0.117. The Labute approximate surface area is 94.0 Å². The molecule has 0 aromatic heterocycles. The van der Waals surface area contributed by atoms with Gasteiger partial charge in [0.25, 0.3) is 0 Å². The van der Waals surface area contributed by atoms with Gasteiger partial charge in [-0.25, -0.2) is 0 Å². The van der Waals surface area contributed by atoms with Gasteiger partial charge >= 0.3 is 0 Å². The number of Topliss-reactive ketones (excluding diaryl/α,β-unsaturated/α-hetero) is 1. The summed E-state index contributed by atoms with van der Waals surface area (Å²) in [5, 5.41) is 0. The highest BCUT2D eigenvalue weighted by Gasteiger charge is 2.14. The molecule has 0 unspecified atom stereocenters. The number of carbonyl (C=O) groups is 1. The maximum atomic E-state index is 10.8. The summed E-state index contributed by atoms with van der Waals surface area (Å²) in [7, 11) is 2.19. The normalized spacial score (nSPS) is 18.3. The molecule has 0 radical (unpaired) electrons. The Morgan fingerprint density at radius 2 is 1.93 bits per heavy atom. The summed E-state index contributed by atoms with van der Waals surface area (Å²) in [6, 6.07) is 0. The maximum absolute atomic E-state index is 10.8. The molecule has 2 heteroatoms. The molecule has 0 aromatic carbocycles. The van der Waals surface area contributed by atoms with E-state index in [9.17, 15) is 4.79 Å². The lowest BCUT2D eigenvalue weighted by atomic mass is 9.89. The van der Waals surface area contributed by atoms with Crippen molar-refractivity contribution in [2.24, 2.45) is 5.92 Å². The van der Waals surface area contributed by atoms with E-state index >= 15 is 0 Å². The van der Waals surface area contributed by atoms with Gasteiger partial charge in [-0.05, 0) is 45.7 Å². The van der Waals surface area contributed by atoms with E-state index in [1.165, 1.54) is 38.6 Å². The molecule has 88 valence electrons. The van der Waals surface area contributed by atoms with Crippen molar-refractivity contribution >= 4 is 5.78 Å². The van der Waals surface area contributed by atoms with E-state index in [-0.39, 0.29) is 0 Å². The Kier molecular flexibility index (Phi) is 5.92. The Bertz CT molecular complexity index is 185.